The number of hydrogen-bond acceptors (Lipinski definition) is 5. The second-order valence-electron chi connectivity index (χ2n) is 4.55. The molecule has 128 valence electrons. The number of ether oxygens (including phenoxy) is 1. The molecule has 0 aliphatic heterocycles. The van der Waals surface area contributed by atoms with Crippen LogP contribution < -0.4 is 4.74 Å². The molecule has 0 heterocycles. The van der Waals surface area contributed by atoms with Gasteiger partial charge in [-0.2, -0.15) is 0 Å². The van der Waals surface area contributed by atoms with Crippen molar-refractivity contribution in [3.8, 4) is 11.5 Å². The van der Waals surface area contributed by atoms with Gasteiger partial charge in [0, 0.05) is 11.1 Å². The fraction of sp³-hybridized carbons (Fsp3) is 0. The number of carbonyl (C=O) groups is 4. The molecule has 0 aliphatic rings. The van der Waals surface area contributed by atoms with Gasteiger partial charge in [-0.3, -0.25) is 19.2 Å². The molecule has 0 aliphatic carbocycles. The molecule has 2 aromatic carbocycles. The summed E-state index contributed by atoms with van der Waals surface area (Å²) in [5.74, 6) is -0.297. The summed E-state index contributed by atoms with van der Waals surface area (Å²) in [6.45, 7) is 0. The van der Waals surface area contributed by atoms with Crippen LogP contribution in [0.25, 0.3) is 0 Å². The zero-order valence-electron chi connectivity index (χ0n) is 12.0. The molecule has 0 atom stereocenters. The van der Waals surface area contributed by atoms with Gasteiger partial charge >= 0.3 is 0 Å². The van der Waals surface area contributed by atoms with Crippen molar-refractivity contribution in [1.82, 2.24) is 0 Å². The van der Waals surface area contributed by atoms with E-state index in [4.69, 9.17) is 51.1 Å². The maximum Gasteiger partial charge on any atom is 0.256 e. The second-order valence-corrected chi connectivity index (χ2v) is 5.93. The summed E-state index contributed by atoms with van der Waals surface area (Å²) < 4.78 is 5.51. The molecule has 0 unspecified atom stereocenters. The Morgan fingerprint density at radius 1 is 0.600 bits per heavy atom. The Kier molecular flexibility index (Phi) is 6.19. The molecule has 2 rings (SSSR count). The normalized spacial score (nSPS) is 10.2. The van der Waals surface area contributed by atoms with E-state index in [-0.39, 0.29) is 33.8 Å². The van der Waals surface area contributed by atoms with E-state index >= 15 is 0 Å². The summed E-state index contributed by atoms with van der Waals surface area (Å²) in [4.78, 5) is 46.3. The van der Waals surface area contributed by atoms with Crippen LogP contribution in [0.2, 0.25) is 0 Å². The standard InChI is InChI=1S/C16H6Cl4O5/c17-13(21)7-3-1-5-9(11(7)15(19)23)25-10-6-2-4-8(14(18)22)12(10)16(20)24/h1-6H. The quantitative estimate of drug-likeness (QED) is 0.616. The predicted octanol–water partition coefficient (Wildman–Crippen LogP) is 4.99. The fourth-order valence-electron chi connectivity index (χ4n) is 2.08. The molecule has 9 heteroatoms. The van der Waals surface area contributed by atoms with Gasteiger partial charge in [0.1, 0.15) is 11.5 Å². The lowest BCUT2D eigenvalue weighted by atomic mass is 10.1. The Morgan fingerprint density at radius 2 is 0.960 bits per heavy atom. The van der Waals surface area contributed by atoms with Gasteiger partial charge in [0.2, 0.25) is 0 Å². The van der Waals surface area contributed by atoms with Crippen LogP contribution in [0.15, 0.2) is 36.4 Å². The molecule has 25 heavy (non-hydrogen) atoms. The van der Waals surface area contributed by atoms with Crippen molar-refractivity contribution in [2.24, 2.45) is 0 Å². The molecule has 0 bridgehead atoms. The van der Waals surface area contributed by atoms with Crippen molar-refractivity contribution in [2.75, 3.05) is 0 Å². The van der Waals surface area contributed by atoms with E-state index < -0.39 is 21.0 Å². The van der Waals surface area contributed by atoms with Crippen molar-refractivity contribution in [3.63, 3.8) is 0 Å². The molecular formula is C16H6Cl4O5. The molecule has 0 N–H and O–H groups in total. The minimum absolute atomic E-state index is 0.148. The number of benzene rings is 2. The van der Waals surface area contributed by atoms with Crippen LogP contribution in [-0.4, -0.2) is 21.0 Å². The first-order valence-corrected chi connectivity index (χ1v) is 7.98. The maximum absolute atomic E-state index is 11.7. The number of carbonyl (C=O) groups excluding carboxylic acids is 4. The van der Waals surface area contributed by atoms with E-state index in [1.807, 2.05) is 0 Å². The summed E-state index contributed by atoms with van der Waals surface area (Å²) >= 11 is 21.9. The van der Waals surface area contributed by atoms with Crippen LogP contribution in [0.1, 0.15) is 41.4 Å². The molecule has 0 saturated heterocycles. The molecule has 0 amide bonds. The fourth-order valence-corrected chi connectivity index (χ4v) is 2.79. The third-order valence-corrected chi connectivity index (χ3v) is 3.87. The monoisotopic (exact) mass is 418 g/mol. The largest absolute Gasteiger partial charge is 0.456 e. The molecular weight excluding hydrogens is 414 g/mol. The third-order valence-electron chi connectivity index (χ3n) is 3.09. The van der Waals surface area contributed by atoms with Gasteiger partial charge in [0.25, 0.3) is 21.0 Å². The molecule has 0 fully saturated rings. The van der Waals surface area contributed by atoms with E-state index in [9.17, 15) is 19.2 Å². The molecule has 5 nitrogen and oxygen atoms in total. The summed E-state index contributed by atoms with van der Waals surface area (Å²) in [5.41, 5.74) is -0.940. The zero-order valence-corrected chi connectivity index (χ0v) is 15.0. The second kappa shape index (κ2) is 7.97. The Labute approximate surface area is 161 Å². The average Bonchev–Trinajstić information content (AvgIpc) is 2.53. The molecule has 0 aromatic heterocycles. The predicted molar refractivity (Wildman–Crippen MR) is 93.7 cm³/mol. The van der Waals surface area contributed by atoms with Crippen molar-refractivity contribution in [3.05, 3.63) is 58.7 Å². The van der Waals surface area contributed by atoms with E-state index in [1.54, 1.807) is 0 Å². The zero-order chi connectivity index (χ0) is 18.7. The highest BCUT2D eigenvalue weighted by Gasteiger charge is 2.24. The molecule has 2 aromatic rings. The van der Waals surface area contributed by atoms with Crippen molar-refractivity contribution in [1.29, 1.82) is 0 Å². The van der Waals surface area contributed by atoms with Crippen LogP contribution in [0, 0.1) is 0 Å². The number of rotatable bonds is 6. The lowest BCUT2D eigenvalue weighted by Gasteiger charge is -2.14. The van der Waals surface area contributed by atoms with E-state index in [2.05, 4.69) is 0 Å². The van der Waals surface area contributed by atoms with Crippen LogP contribution in [0.5, 0.6) is 11.5 Å². The van der Waals surface area contributed by atoms with Crippen molar-refractivity contribution < 1.29 is 23.9 Å². The first-order chi connectivity index (χ1) is 11.7. The Balaban J connectivity index is 2.66. The van der Waals surface area contributed by atoms with Gasteiger partial charge in [0.05, 0.1) is 11.1 Å². The SMILES string of the molecule is O=C(Cl)c1cccc(Oc2cccc(C(=O)Cl)c2C(=O)Cl)c1C(=O)Cl. The van der Waals surface area contributed by atoms with Crippen LogP contribution >= 0.6 is 46.4 Å². The highest BCUT2D eigenvalue weighted by atomic mass is 35.5. The molecule has 0 spiro atoms. The van der Waals surface area contributed by atoms with Crippen LogP contribution in [-0.2, 0) is 0 Å². The Morgan fingerprint density at radius 3 is 1.24 bits per heavy atom. The van der Waals surface area contributed by atoms with Crippen LogP contribution in [0.4, 0.5) is 0 Å². The summed E-state index contributed by atoms with van der Waals surface area (Å²) in [6.07, 6.45) is 0. The lowest BCUT2D eigenvalue weighted by Crippen LogP contribution is -2.07. The average molecular weight is 420 g/mol. The number of halogens is 4. The topological polar surface area (TPSA) is 77.5 Å². The first-order valence-electron chi connectivity index (χ1n) is 6.47. The van der Waals surface area contributed by atoms with Gasteiger partial charge in [-0.15, -0.1) is 0 Å². The molecule has 0 saturated carbocycles. The van der Waals surface area contributed by atoms with Gasteiger partial charge in [0.15, 0.2) is 0 Å². The maximum atomic E-state index is 11.7. The van der Waals surface area contributed by atoms with E-state index in [1.165, 1.54) is 36.4 Å². The Hall–Kier alpha value is -1.92. The summed E-state index contributed by atoms with van der Waals surface area (Å²) in [6, 6.07) is 8.02. The Bertz CT molecular complexity index is 834. The summed E-state index contributed by atoms with van der Waals surface area (Å²) in [5, 5.41) is -3.84. The van der Waals surface area contributed by atoms with E-state index in [0.29, 0.717) is 0 Å². The minimum atomic E-state index is -0.997. The lowest BCUT2D eigenvalue weighted by molar-refractivity contribution is 0.104. The number of hydrogen-bond donors (Lipinski definition) is 0. The third kappa shape index (κ3) is 4.19. The van der Waals surface area contributed by atoms with Crippen molar-refractivity contribution in [2.45, 2.75) is 0 Å². The summed E-state index contributed by atoms with van der Waals surface area (Å²) in [7, 11) is 0. The van der Waals surface area contributed by atoms with Gasteiger partial charge in [-0.1, -0.05) is 12.1 Å². The van der Waals surface area contributed by atoms with Gasteiger partial charge in [-0.25, -0.2) is 0 Å². The highest BCUT2D eigenvalue weighted by Crippen LogP contribution is 2.34. The van der Waals surface area contributed by atoms with Gasteiger partial charge in [-0.05, 0) is 70.7 Å². The highest BCUT2D eigenvalue weighted by molar-refractivity contribution is 6.73. The van der Waals surface area contributed by atoms with Gasteiger partial charge < -0.3 is 4.74 Å². The van der Waals surface area contributed by atoms with Crippen LogP contribution in [0.3, 0.4) is 0 Å². The molecule has 0 radical (unpaired) electrons. The minimum Gasteiger partial charge on any atom is -0.456 e. The van der Waals surface area contributed by atoms with Crippen molar-refractivity contribution >= 4 is 67.4 Å². The van der Waals surface area contributed by atoms with E-state index in [0.717, 1.165) is 0 Å². The smallest absolute Gasteiger partial charge is 0.256 e. The first kappa shape index (κ1) is 19.4.